The van der Waals surface area contributed by atoms with Crippen molar-refractivity contribution in [1.82, 2.24) is 4.90 Å². The highest BCUT2D eigenvalue weighted by atomic mass is 16.2. The quantitative estimate of drug-likeness (QED) is 0.702. The Morgan fingerprint density at radius 2 is 1.89 bits per heavy atom. The molecule has 0 spiro atoms. The molecule has 0 radical (unpaired) electrons. The average Bonchev–Trinajstić information content (AvgIpc) is 2.61. The second kappa shape index (κ2) is 8.13. The van der Waals surface area contributed by atoms with E-state index in [0.29, 0.717) is 24.8 Å². The summed E-state index contributed by atoms with van der Waals surface area (Å²) in [6, 6.07) is 2.15. The summed E-state index contributed by atoms with van der Waals surface area (Å²) in [5.74, 6) is 0.976. The van der Waals surface area contributed by atoms with E-state index in [1.165, 1.54) is 25.7 Å². The Morgan fingerprint density at radius 1 is 1.28 bits per heavy atom. The van der Waals surface area contributed by atoms with Gasteiger partial charge in [0.05, 0.1) is 12.5 Å². The zero-order valence-electron chi connectivity index (χ0n) is 11.8. The van der Waals surface area contributed by atoms with E-state index in [9.17, 15) is 4.79 Å². The van der Waals surface area contributed by atoms with Gasteiger partial charge in [0.1, 0.15) is 0 Å². The molecule has 1 aliphatic rings. The molecule has 1 amide bonds. The number of nitriles is 1. The molecule has 0 saturated heterocycles. The van der Waals surface area contributed by atoms with Crippen LogP contribution in [0.5, 0.6) is 0 Å². The van der Waals surface area contributed by atoms with Crippen molar-refractivity contribution in [3.05, 3.63) is 0 Å². The monoisotopic (exact) mass is 250 g/mol. The molecule has 0 aromatic rings. The Hall–Kier alpha value is -1.04. The molecule has 1 rings (SSSR count). The topological polar surface area (TPSA) is 44.1 Å². The number of hydrogen-bond donors (Lipinski definition) is 0. The van der Waals surface area contributed by atoms with Crippen LogP contribution in [0, 0.1) is 23.2 Å². The summed E-state index contributed by atoms with van der Waals surface area (Å²) in [4.78, 5) is 14.4. The summed E-state index contributed by atoms with van der Waals surface area (Å²) < 4.78 is 0. The predicted octanol–water partition coefficient (Wildman–Crippen LogP) is 3.36. The standard InChI is InChI=1S/C15H26N2O/c1-13(2)12-17(11-7-10-16)15(18)14-8-5-3-4-6-9-14/h13-14H,3-9,11-12H2,1-2H3. The normalized spacial score (nSPS) is 17.2. The SMILES string of the molecule is CC(C)CN(CCC#N)C(=O)C1CCCCCC1. The van der Waals surface area contributed by atoms with Crippen LogP contribution in [0.3, 0.4) is 0 Å². The first-order valence-electron chi connectivity index (χ1n) is 7.31. The van der Waals surface area contributed by atoms with Gasteiger partial charge in [-0.1, -0.05) is 39.5 Å². The minimum atomic E-state index is 0.213. The third-order valence-electron chi connectivity index (χ3n) is 3.60. The number of rotatable bonds is 5. The molecule has 3 heteroatoms. The van der Waals surface area contributed by atoms with E-state index in [1.807, 2.05) is 4.90 Å². The lowest BCUT2D eigenvalue weighted by Gasteiger charge is -2.27. The molecule has 1 saturated carbocycles. The van der Waals surface area contributed by atoms with E-state index >= 15 is 0 Å². The van der Waals surface area contributed by atoms with Crippen molar-refractivity contribution in [3.8, 4) is 6.07 Å². The van der Waals surface area contributed by atoms with Gasteiger partial charge in [0, 0.05) is 19.0 Å². The van der Waals surface area contributed by atoms with Crippen LogP contribution in [0.1, 0.15) is 58.8 Å². The summed E-state index contributed by atoms with van der Waals surface area (Å²) in [7, 11) is 0. The first-order valence-corrected chi connectivity index (χ1v) is 7.31. The van der Waals surface area contributed by atoms with E-state index in [0.717, 1.165) is 19.4 Å². The van der Waals surface area contributed by atoms with Gasteiger partial charge in [0.15, 0.2) is 0 Å². The first kappa shape index (κ1) is 15.0. The van der Waals surface area contributed by atoms with Gasteiger partial charge in [0.2, 0.25) is 5.91 Å². The summed E-state index contributed by atoms with van der Waals surface area (Å²) in [5, 5.41) is 8.70. The molecule has 1 fully saturated rings. The average molecular weight is 250 g/mol. The van der Waals surface area contributed by atoms with Crippen molar-refractivity contribution < 1.29 is 4.79 Å². The van der Waals surface area contributed by atoms with Gasteiger partial charge in [-0.3, -0.25) is 4.79 Å². The second-order valence-electron chi connectivity index (χ2n) is 5.77. The van der Waals surface area contributed by atoms with Crippen LogP contribution in [0.15, 0.2) is 0 Å². The number of nitrogens with zero attached hydrogens (tertiary/aromatic N) is 2. The zero-order valence-corrected chi connectivity index (χ0v) is 11.8. The highest BCUT2D eigenvalue weighted by Crippen LogP contribution is 2.25. The van der Waals surface area contributed by atoms with Crippen LogP contribution in [0.4, 0.5) is 0 Å². The fourth-order valence-electron chi connectivity index (χ4n) is 2.70. The number of amides is 1. The molecular formula is C15H26N2O. The van der Waals surface area contributed by atoms with Crippen LogP contribution in [0.2, 0.25) is 0 Å². The Bertz CT molecular complexity index is 285. The largest absolute Gasteiger partial charge is 0.341 e. The van der Waals surface area contributed by atoms with Crippen LogP contribution >= 0.6 is 0 Å². The summed E-state index contributed by atoms with van der Waals surface area (Å²) in [6.07, 6.45) is 7.44. The van der Waals surface area contributed by atoms with E-state index in [2.05, 4.69) is 19.9 Å². The number of carbonyl (C=O) groups is 1. The van der Waals surface area contributed by atoms with Crippen LogP contribution in [0.25, 0.3) is 0 Å². The highest BCUT2D eigenvalue weighted by molar-refractivity contribution is 5.78. The van der Waals surface area contributed by atoms with Crippen molar-refractivity contribution in [1.29, 1.82) is 5.26 Å². The second-order valence-corrected chi connectivity index (χ2v) is 5.77. The Labute approximate surface area is 111 Å². The van der Waals surface area contributed by atoms with Crippen LogP contribution in [-0.4, -0.2) is 23.9 Å². The third-order valence-corrected chi connectivity index (χ3v) is 3.60. The molecule has 0 unspecified atom stereocenters. The number of hydrogen-bond acceptors (Lipinski definition) is 2. The molecule has 0 aromatic heterocycles. The molecule has 102 valence electrons. The molecule has 0 aromatic carbocycles. The lowest BCUT2D eigenvalue weighted by atomic mass is 9.98. The lowest BCUT2D eigenvalue weighted by molar-refractivity contribution is -0.136. The number of carbonyl (C=O) groups excluding carboxylic acids is 1. The van der Waals surface area contributed by atoms with Gasteiger partial charge in [-0.05, 0) is 18.8 Å². The molecule has 0 heterocycles. The molecule has 0 aliphatic heterocycles. The van der Waals surface area contributed by atoms with Gasteiger partial charge >= 0.3 is 0 Å². The van der Waals surface area contributed by atoms with Crippen LogP contribution < -0.4 is 0 Å². The molecule has 18 heavy (non-hydrogen) atoms. The minimum absolute atomic E-state index is 0.213. The molecule has 0 N–H and O–H groups in total. The third kappa shape index (κ3) is 5.08. The van der Waals surface area contributed by atoms with Gasteiger partial charge in [-0.15, -0.1) is 0 Å². The molecule has 3 nitrogen and oxygen atoms in total. The Balaban J connectivity index is 2.58. The van der Waals surface area contributed by atoms with Crippen molar-refractivity contribution in [2.75, 3.05) is 13.1 Å². The zero-order chi connectivity index (χ0) is 13.4. The first-order chi connectivity index (χ1) is 8.65. The van der Waals surface area contributed by atoms with Crippen LogP contribution in [-0.2, 0) is 4.79 Å². The molecular weight excluding hydrogens is 224 g/mol. The van der Waals surface area contributed by atoms with Gasteiger partial charge in [-0.2, -0.15) is 5.26 Å². The summed E-state index contributed by atoms with van der Waals surface area (Å²) >= 11 is 0. The Kier molecular flexibility index (Phi) is 6.78. The maximum atomic E-state index is 12.5. The molecule has 1 aliphatic carbocycles. The summed E-state index contributed by atoms with van der Waals surface area (Å²) in [6.45, 7) is 5.64. The van der Waals surface area contributed by atoms with Crippen molar-refractivity contribution in [2.45, 2.75) is 58.8 Å². The minimum Gasteiger partial charge on any atom is -0.341 e. The van der Waals surface area contributed by atoms with Gasteiger partial charge in [0.25, 0.3) is 0 Å². The summed E-state index contributed by atoms with van der Waals surface area (Å²) in [5.41, 5.74) is 0. The van der Waals surface area contributed by atoms with Crippen molar-refractivity contribution >= 4 is 5.91 Å². The van der Waals surface area contributed by atoms with E-state index in [1.54, 1.807) is 0 Å². The van der Waals surface area contributed by atoms with Crippen molar-refractivity contribution in [3.63, 3.8) is 0 Å². The fraction of sp³-hybridized carbons (Fsp3) is 0.867. The predicted molar refractivity (Wildman–Crippen MR) is 72.8 cm³/mol. The van der Waals surface area contributed by atoms with Crippen molar-refractivity contribution in [2.24, 2.45) is 11.8 Å². The maximum absolute atomic E-state index is 12.5. The van der Waals surface area contributed by atoms with E-state index in [4.69, 9.17) is 5.26 Å². The molecule has 0 atom stereocenters. The van der Waals surface area contributed by atoms with Gasteiger partial charge in [-0.25, -0.2) is 0 Å². The van der Waals surface area contributed by atoms with E-state index in [-0.39, 0.29) is 5.92 Å². The molecule has 0 bridgehead atoms. The fourth-order valence-corrected chi connectivity index (χ4v) is 2.70. The lowest BCUT2D eigenvalue weighted by Crippen LogP contribution is -2.39. The highest BCUT2D eigenvalue weighted by Gasteiger charge is 2.25. The van der Waals surface area contributed by atoms with E-state index < -0.39 is 0 Å². The smallest absolute Gasteiger partial charge is 0.225 e. The van der Waals surface area contributed by atoms with Gasteiger partial charge < -0.3 is 4.90 Å². The Morgan fingerprint density at radius 3 is 2.39 bits per heavy atom. The maximum Gasteiger partial charge on any atom is 0.225 e.